The van der Waals surface area contributed by atoms with Gasteiger partial charge in [-0.2, -0.15) is 0 Å². The molecule has 102 valence electrons. The Hall–Kier alpha value is -1.25. The minimum Gasteiger partial charge on any atom is -0.469 e. The van der Waals surface area contributed by atoms with Crippen LogP contribution in [0.5, 0.6) is 0 Å². The molecule has 0 aromatic carbocycles. The van der Waals surface area contributed by atoms with Crippen LogP contribution >= 0.6 is 0 Å². The Kier molecular flexibility index (Phi) is 6.55. The van der Waals surface area contributed by atoms with Crippen molar-refractivity contribution in [3.8, 4) is 0 Å². The van der Waals surface area contributed by atoms with Crippen molar-refractivity contribution < 1.29 is 9.21 Å². The van der Waals surface area contributed by atoms with Crippen LogP contribution in [0.1, 0.15) is 52.2 Å². The average molecular weight is 251 g/mol. The number of rotatable bonds is 8. The summed E-state index contributed by atoms with van der Waals surface area (Å²) in [6, 6.07) is 4.12. The molecule has 1 atom stereocenters. The van der Waals surface area contributed by atoms with E-state index in [1.807, 2.05) is 17.0 Å². The monoisotopic (exact) mass is 251 g/mol. The number of hydrogen-bond acceptors (Lipinski definition) is 2. The third kappa shape index (κ3) is 4.55. The fourth-order valence-electron chi connectivity index (χ4n) is 1.97. The summed E-state index contributed by atoms with van der Waals surface area (Å²) >= 11 is 0. The first-order valence-electron chi connectivity index (χ1n) is 7.00. The Bertz CT molecular complexity index is 332. The molecule has 1 aromatic heterocycles. The van der Waals surface area contributed by atoms with Crippen molar-refractivity contribution in [3.05, 3.63) is 24.2 Å². The summed E-state index contributed by atoms with van der Waals surface area (Å²) in [6.07, 6.45) is 6.11. The van der Waals surface area contributed by atoms with Crippen molar-refractivity contribution in [2.24, 2.45) is 0 Å². The highest BCUT2D eigenvalue weighted by molar-refractivity contribution is 5.76. The highest BCUT2D eigenvalue weighted by Crippen LogP contribution is 2.11. The number of furan rings is 1. The first kappa shape index (κ1) is 14.8. The molecule has 1 amide bonds. The number of aryl methyl sites for hydroxylation is 1. The lowest BCUT2D eigenvalue weighted by Crippen LogP contribution is -2.39. The standard InChI is InChI=1S/C15H25NO2/c1-4-6-11-16(13(3)5-2)15(17)10-9-14-8-7-12-18-14/h7-8,12-13H,4-6,9-11H2,1-3H3. The zero-order valence-corrected chi connectivity index (χ0v) is 11.8. The van der Waals surface area contributed by atoms with Gasteiger partial charge in [-0.25, -0.2) is 0 Å². The molecule has 0 aliphatic rings. The van der Waals surface area contributed by atoms with Crippen LogP contribution in [0.3, 0.4) is 0 Å². The van der Waals surface area contributed by atoms with Gasteiger partial charge >= 0.3 is 0 Å². The molecular weight excluding hydrogens is 226 g/mol. The second-order valence-electron chi connectivity index (χ2n) is 4.78. The first-order chi connectivity index (χ1) is 8.69. The van der Waals surface area contributed by atoms with Crippen LogP contribution in [0.4, 0.5) is 0 Å². The smallest absolute Gasteiger partial charge is 0.223 e. The van der Waals surface area contributed by atoms with Crippen molar-refractivity contribution >= 4 is 5.91 Å². The molecule has 3 heteroatoms. The number of unbranched alkanes of at least 4 members (excludes halogenated alkanes) is 1. The van der Waals surface area contributed by atoms with E-state index in [1.165, 1.54) is 0 Å². The van der Waals surface area contributed by atoms with E-state index in [2.05, 4.69) is 20.8 Å². The van der Waals surface area contributed by atoms with Crippen molar-refractivity contribution in [2.45, 2.75) is 58.9 Å². The van der Waals surface area contributed by atoms with Gasteiger partial charge in [0.05, 0.1) is 6.26 Å². The Morgan fingerprint density at radius 3 is 2.78 bits per heavy atom. The van der Waals surface area contributed by atoms with Crippen LogP contribution in [0.15, 0.2) is 22.8 Å². The third-order valence-corrected chi connectivity index (χ3v) is 3.36. The summed E-state index contributed by atoms with van der Waals surface area (Å²) in [4.78, 5) is 14.2. The molecule has 0 saturated carbocycles. The first-order valence-corrected chi connectivity index (χ1v) is 7.00. The van der Waals surface area contributed by atoms with Gasteiger partial charge in [-0.1, -0.05) is 20.3 Å². The SMILES string of the molecule is CCCCN(C(=O)CCc1ccco1)C(C)CC. The largest absolute Gasteiger partial charge is 0.469 e. The van der Waals surface area contributed by atoms with Crippen molar-refractivity contribution in [2.75, 3.05) is 6.54 Å². The van der Waals surface area contributed by atoms with Gasteiger partial charge in [0.1, 0.15) is 5.76 Å². The maximum absolute atomic E-state index is 12.2. The maximum atomic E-state index is 12.2. The molecule has 1 unspecified atom stereocenters. The van der Waals surface area contributed by atoms with Crippen LogP contribution in [-0.2, 0) is 11.2 Å². The quantitative estimate of drug-likeness (QED) is 0.706. The van der Waals surface area contributed by atoms with Gasteiger partial charge in [0.25, 0.3) is 0 Å². The summed E-state index contributed by atoms with van der Waals surface area (Å²) in [5, 5.41) is 0. The summed E-state index contributed by atoms with van der Waals surface area (Å²) in [6.45, 7) is 7.29. The van der Waals surface area contributed by atoms with E-state index in [-0.39, 0.29) is 5.91 Å². The molecule has 0 radical (unpaired) electrons. The molecule has 0 bridgehead atoms. The van der Waals surface area contributed by atoms with Crippen LogP contribution < -0.4 is 0 Å². The predicted octanol–water partition coefficient (Wildman–Crippen LogP) is 3.64. The zero-order valence-electron chi connectivity index (χ0n) is 11.8. The lowest BCUT2D eigenvalue weighted by molar-refractivity contribution is -0.133. The van der Waals surface area contributed by atoms with Crippen LogP contribution in [0.2, 0.25) is 0 Å². The Labute approximate surface area is 110 Å². The lowest BCUT2D eigenvalue weighted by Gasteiger charge is -2.28. The summed E-state index contributed by atoms with van der Waals surface area (Å²) < 4.78 is 5.26. The number of carbonyl (C=O) groups excluding carboxylic acids is 1. The van der Waals surface area contributed by atoms with Crippen molar-refractivity contribution in [3.63, 3.8) is 0 Å². The van der Waals surface area contributed by atoms with E-state index < -0.39 is 0 Å². The van der Waals surface area contributed by atoms with Gasteiger partial charge in [-0.15, -0.1) is 0 Å². The van der Waals surface area contributed by atoms with E-state index >= 15 is 0 Å². The van der Waals surface area contributed by atoms with Gasteiger partial charge in [0.2, 0.25) is 5.91 Å². The molecule has 3 nitrogen and oxygen atoms in total. The Morgan fingerprint density at radius 2 is 2.22 bits per heavy atom. The van der Waals surface area contributed by atoms with Gasteiger partial charge in [-0.05, 0) is 31.9 Å². The van der Waals surface area contributed by atoms with E-state index in [9.17, 15) is 4.79 Å². The fourth-order valence-corrected chi connectivity index (χ4v) is 1.97. The molecule has 0 saturated heterocycles. The normalized spacial score (nSPS) is 12.4. The third-order valence-electron chi connectivity index (χ3n) is 3.36. The minimum atomic E-state index is 0.245. The fraction of sp³-hybridized carbons (Fsp3) is 0.667. The average Bonchev–Trinajstić information content (AvgIpc) is 2.89. The number of hydrogen-bond donors (Lipinski definition) is 0. The van der Waals surface area contributed by atoms with Gasteiger partial charge in [-0.3, -0.25) is 4.79 Å². The Morgan fingerprint density at radius 1 is 1.44 bits per heavy atom. The van der Waals surface area contributed by atoms with E-state index in [0.717, 1.165) is 31.6 Å². The summed E-state index contributed by atoms with van der Waals surface area (Å²) in [5.41, 5.74) is 0. The highest BCUT2D eigenvalue weighted by atomic mass is 16.3. The van der Waals surface area contributed by atoms with Crippen LogP contribution in [0.25, 0.3) is 0 Å². The zero-order chi connectivity index (χ0) is 13.4. The van der Waals surface area contributed by atoms with E-state index in [0.29, 0.717) is 18.9 Å². The van der Waals surface area contributed by atoms with E-state index in [4.69, 9.17) is 4.42 Å². The Balaban J connectivity index is 2.47. The number of carbonyl (C=O) groups is 1. The second-order valence-corrected chi connectivity index (χ2v) is 4.78. The van der Waals surface area contributed by atoms with Gasteiger partial charge in [0.15, 0.2) is 0 Å². The molecule has 1 aromatic rings. The van der Waals surface area contributed by atoms with E-state index in [1.54, 1.807) is 6.26 Å². The topological polar surface area (TPSA) is 33.5 Å². The summed E-state index contributed by atoms with van der Waals surface area (Å²) in [5.74, 6) is 1.14. The highest BCUT2D eigenvalue weighted by Gasteiger charge is 2.18. The van der Waals surface area contributed by atoms with Crippen molar-refractivity contribution in [1.82, 2.24) is 4.90 Å². The lowest BCUT2D eigenvalue weighted by atomic mass is 10.1. The molecule has 0 N–H and O–H groups in total. The van der Waals surface area contributed by atoms with Crippen LogP contribution in [-0.4, -0.2) is 23.4 Å². The maximum Gasteiger partial charge on any atom is 0.223 e. The molecule has 1 heterocycles. The molecule has 0 spiro atoms. The molecular formula is C15H25NO2. The molecule has 1 rings (SSSR count). The molecule has 18 heavy (non-hydrogen) atoms. The van der Waals surface area contributed by atoms with Crippen LogP contribution in [0, 0.1) is 0 Å². The minimum absolute atomic E-state index is 0.245. The van der Waals surface area contributed by atoms with Gasteiger partial charge in [0, 0.05) is 25.4 Å². The van der Waals surface area contributed by atoms with Crippen molar-refractivity contribution in [1.29, 1.82) is 0 Å². The number of amides is 1. The number of nitrogens with zero attached hydrogens (tertiary/aromatic N) is 1. The molecule has 0 aliphatic carbocycles. The molecule has 0 aliphatic heterocycles. The van der Waals surface area contributed by atoms with Gasteiger partial charge < -0.3 is 9.32 Å². The molecule has 0 fully saturated rings. The second kappa shape index (κ2) is 7.96. The predicted molar refractivity (Wildman–Crippen MR) is 73.4 cm³/mol. The summed E-state index contributed by atoms with van der Waals surface area (Å²) in [7, 11) is 0.